The van der Waals surface area contributed by atoms with Crippen molar-refractivity contribution < 1.29 is 24.2 Å². The van der Waals surface area contributed by atoms with Crippen molar-refractivity contribution in [3.05, 3.63) is 15.8 Å². The Morgan fingerprint density at radius 3 is 2.29 bits per heavy atom. The Hall–Kier alpha value is -1.88. The maximum atomic E-state index is 12.8. The average Bonchev–Trinajstić information content (AvgIpc) is 3.28. The summed E-state index contributed by atoms with van der Waals surface area (Å²) in [6.45, 7) is 10.8. The van der Waals surface area contributed by atoms with Gasteiger partial charge in [-0.15, -0.1) is 11.3 Å². The standard InChI is InChI=1S/C19H25NO5S.C6H12.C2H6/c1-19(2,3)8-7-13-12-14(16(26-13)18(23)24-4)20-9-11-25-15(17(20)22)6-5-10-21;1-2-4-6-5-3-1;1-2/h12,15,21H,5-6,9-11H2,1-4H3;1-6H2;1-2H3. The van der Waals surface area contributed by atoms with E-state index >= 15 is 0 Å². The average molecular weight is 494 g/mol. The van der Waals surface area contributed by atoms with Gasteiger partial charge in [0.15, 0.2) is 0 Å². The molecule has 1 aromatic rings. The molecular weight excluding hydrogens is 450 g/mol. The molecule has 2 aliphatic rings. The maximum absolute atomic E-state index is 12.8. The van der Waals surface area contributed by atoms with Gasteiger partial charge in [0.05, 0.1) is 24.3 Å². The van der Waals surface area contributed by atoms with E-state index in [0.717, 1.165) is 0 Å². The number of ether oxygens (including phenoxy) is 2. The first kappa shape index (κ1) is 30.2. The van der Waals surface area contributed by atoms with Crippen molar-refractivity contribution >= 4 is 28.9 Å². The van der Waals surface area contributed by atoms with Gasteiger partial charge in [0, 0.05) is 18.6 Å². The number of hydrogen-bond donors (Lipinski definition) is 1. The van der Waals surface area contributed by atoms with Crippen LogP contribution in [0.5, 0.6) is 0 Å². The Morgan fingerprint density at radius 2 is 1.79 bits per heavy atom. The van der Waals surface area contributed by atoms with E-state index in [9.17, 15) is 9.59 Å². The second-order valence-corrected chi connectivity index (χ2v) is 10.2. The Balaban J connectivity index is 0.000000615. The number of aliphatic hydroxyl groups is 1. The molecule has 0 aromatic carbocycles. The van der Waals surface area contributed by atoms with Crippen molar-refractivity contribution in [2.24, 2.45) is 5.41 Å². The lowest BCUT2D eigenvalue weighted by Crippen LogP contribution is -2.48. The van der Waals surface area contributed by atoms with Crippen LogP contribution in [0.4, 0.5) is 5.69 Å². The number of carbonyl (C=O) groups is 2. The van der Waals surface area contributed by atoms with Gasteiger partial charge in [0.1, 0.15) is 11.0 Å². The maximum Gasteiger partial charge on any atom is 0.350 e. The molecule has 2 heterocycles. The fraction of sp³-hybridized carbons (Fsp3) is 0.704. The first-order chi connectivity index (χ1) is 16.3. The molecule has 2 fully saturated rings. The number of carbonyl (C=O) groups excluding carboxylic acids is 2. The van der Waals surface area contributed by atoms with Gasteiger partial charge in [-0.2, -0.15) is 0 Å². The van der Waals surface area contributed by atoms with Crippen LogP contribution in [0.2, 0.25) is 0 Å². The number of amides is 1. The number of rotatable bonds is 5. The Bertz CT molecular complexity index is 800. The van der Waals surface area contributed by atoms with Gasteiger partial charge >= 0.3 is 5.97 Å². The lowest BCUT2D eigenvalue weighted by atomic mass is 9.98. The summed E-state index contributed by atoms with van der Waals surface area (Å²) in [5.41, 5.74) is 0.349. The zero-order valence-corrected chi connectivity index (χ0v) is 22.7. The van der Waals surface area contributed by atoms with Crippen molar-refractivity contribution in [2.75, 3.05) is 31.8 Å². The van der Waals surface area contributed by atoms with E-state index in [-0.39, 0.29) is 17.9 Å². The molecule has 1 saturated carbocycles. The summed E-state index contributed by atoms with van der Waals surface area (Å²) in [5, 5.41) is 8.99. The fourth-order valence-corrected chi connectivity index (χ4v) is 4.49. The zero-order valence-electron chi connectivity index (χ0n) is 21.9. The Kier molecular flexibility index (Phi) is 14.1. The third kappa shape index (κ3) is 10.2. The van der Waals surface area contributed by atoms with Crippen LogP contribution in [-0.4, -0.2) is 50.0 Å². The lowest BCUT2D eigenvalue weighted by molar-refractivity contribution is -0.134. The van der Waals surface area contributed by atoms with E-state index in [1.165, 1.54) is 57.0 Å². The number of nitrogens with zero attached hydrogens (tertiary/aromatic N) is 1. The van der Waals surface area contributed by atoms with Gasteiger partial charge in [0.2, 0.25) is 0 Å². The number of aliphatic hydroxyl groups excluding tert-OH is 1. The molecule has 1 amide bonds. The van der Waals surface area contributed by atoms with Crippen LogP contribution in [0, 0.1) is 17.3 Å². The molecule has 1 unspecified atom stereocenters. The lowest BCUT2D eigenvalue weighted by Gasteiger charge is -2.32. The number of morpholine rings is 1. The highest BCUT2D eigenvalue weighted by Gasteiger charge is 2.33. The molecule has 7 heteroatoms. The molecule has 6 nitrogen and oxygen atoms in total. The van der Waals surface area contributed by atoms with Crippen molar-refractivity contribution in [1.29, 1.82) is 0 Å². The monoisotopic (exact) mass is 493 g/mol. The molecule has 0 bridgehead atoms. The smallest absolute Gasteiger partial charge is 0.350 e. The zero-order chi connectivity index (χ0) is 25.6. The molecule has 192 valence electrons. The third-order valence-corrected chi connectivity index (χ3v) is 6.25. The van der Waals surface area contributed by atoms with Gasteiger partial charge in [-0.1, -0.05) is 64.2 Å². The fourth-order valence-electron chi connectivity index (χ4n) is 3.56. The van der Waals surface area contributed by atoms with E-state index in [2.05, 4.69) is 11.8 Å². The number of anilines is 1. The molecule has 1 aromatic heterocycles. The Labute approximate surface area is 210 Å². The summed E-state index contributed by atoms with van der Waals surface area (Å²) in [6, 6.07) is 1.77. The summed E-state index contributed by atoms with van der Waals surface area (Å²) in [4.78, 5) is 27.6. The highest BCUT2D eigenvalue weighted by Crippen LogP contribution is 2.33. The largest absolute Gasteiger partial charge is 0.465 e. The van der Waals surface area contributed by atoms with Crippen LogP contribution >= 0.6 is 11.3 Å². The molecule has 0 spiro atoms. The molecule has 1 atom stereocenters. The number of esters is 1. The van der Waals surface area contributed by atoms with Crippen LogP contribution in [0.3, 0.4) is 0 Å². The van der Waals surface area contributed by atoms with Crippen LogP contribution in [0.1, 0.15) is 101 Å². The summed E-state index contributed by atoms with van der Waals surface area (Å²) in [6.07, 6.45) is 9.32. The quantitative estimate of drug-likeness (QED) is 0.414. The van der Waals surface area contributed by atoms with E-state index in [4.69, 9.17) is 14.6 Å². The minimum Gasteiger partial charge on any atom is -0.465 e. The van der Waals surface area contributed by atoms with Crippen LogP contribution < -0.4 is 4.90 Å². The molecule has 34 heavy (non-hydrogen) atoms. The SMILES string of the molecule is C1CCCCC1.CC.COC(=O)c1sc(C#CC(C)(C)C)cc1N1CCOC(CCCO)C1=O. The minimum atomic E-state index is -0.606. The van der Waals surface area contributed by atoms with Crippen molar-refractivity contribution in [1.82, 2.24) is 0 Å². The molecule has 1 aliphatic carbocycles. The number of thiophene rings is 1. The van der Waals surface area contributed by atoms with Crippen molar-refractivity contribution in [3.8, 4) is 11.8 Å². The highest BCUT2D eigenvalue weighted by atomic mass is 32.1. The summed E-state index contributed by atoms with van der Waals surface area (Å²) < 4.78 is 10.4. The molecular formula is C27H43NO5S. The van der Waals surface area contributed by atoms with Crippen LogP contribution in [0.15, 0.2) is 6.07 Å². The molecule has 1 N–H and O–H groups in total. The summed E-state index contributed by atoms with van der Waals surface area (Å²) >= 11 is 1.22. The first-order valence-electron chi connectivity index (χ1n) is 12.6. The van der Waals surface area contributed by atoms with Crippen LogP contribution in [0.25, 0.3) is 0 Å². The van der Waals surface area contributed by atoms with E-state index in [1.54, 1.807) is 11.0 Å². The molecule has 1 aliphatic heterocycles. The second kappa shape index (κ2) is 15.9. The first-order valence-corrected chi connectivity index (χ1v) is 13.4. The highest BCUT2D eigenvalue weighted by molar-refractivity contribution is 7.15. The van der Waals surface area contributed by atoms with E-state index < -0.39 is 12.1 Å². The van der Waals surface area contributed by atoms with E-state index in [0.29, 0.717) is 41.4 Å². The number of methoxy groups -OCH3 is 1. The van der Waals surface area contributed by atoms with Crippen molar-refractivity contribution in [2.45, 2.75) is 92.1 Å². The van der Waals surface area contributed by atoms with Crippen molar-refractivity contribution in [3.63, 3.8) is 0 Å². The third-order valence-electron chi connectivity index (χ3n) is 5.23. The van der Waals surface area contributed by atoms with Gasteiger partial charge in [-0.3, -0.25) is 4.79 Å². The topological polar surface area (TPSA) is 76.1 Å². The van der Waals surface area contributed by atoms with Crippen LogP contribution in [-0.2, 0) is 14.3 Å². The van der Waals surface area contributed by atoms with E-state index in [1.807, 2.05) is 34.6 Å². The summed E-state index contributed by atoms with van der Waals surface area (Å²) in [5.74, 6) is 5.53. The predicted molar refractivity (Wildman–Crippen MR) is 139 cm³/mol. The molecule has 0 radical (unpaired) electrons. The Morgan fingerprint density at radius 1 is 1.21 bits per heavy atom. The molecule has 3 rings (SSSR count). The predicted octanol–water partition coefficient (Wildman–Crippen LogP) is 5.80. The summed E-state index contributed by atoms with van der Waals surface area (Å²) in [7, 11) is 1.32. The van der Waals surface area contributed by atoms with Gasteiger partial charge in [-0.25, -0.2) is 4.79 Å². The molecule has 1 saturated heterocycles. The van der Waals surface area contributed by atoms with Gasteiger partial charge < -0.3 is 19.5 Å². The minimum absolute atomic E-state index is 0.00550. The van der Waals surface area contributed by atoms with Gasteiger partial charge in [-0.05, 0) is 39.7 Å². The van der Waals surface area contributed by atoms with Gasteiger partial charge in [0.25, 0.3) is 5.91 Å². The normalized spacial score (nSPS) is 17.9. The number of hydrogen-bond acceptors (Lipinski definition) is 6. The second-order valence-electron chi connectivity index (χ2n) is 9.15.